The predicted octanol–water partition coefficient (Wildman–Crippen LogP) is 5.83. The largest absolute Gasteiger partial charge is 0.503 e. The van der Waals surface area contributed by atoms with Crippen molar-refractivity contribution < 1.29 is 19.4 Å². The summed E-state index contributed by atoms with van der Waals surface area (Å²) in [4.78, 5) is 36.4. The highest BCUT2D eigenvalue weighted by molar-refractivity contribution is 7.17. The van der Waals surface area contributed by atoms with Gasteiger partial charge in [-0.3, -0.25) is 9.59 Å². The first kappa shape index (κ1) is 27.5. The van der Waals surface area contributed by atoms with Crippen LogP contribution in [-0.4, -0.2) is 64.4 Å². The fourth-order valence-corrected chi connectivity index (χ4v) is 5.87. The Kier molecular flexibility index (Phi) is 8.97. The number of thiazole rings is 1. The van der Waals surface area contributed by atoms with E-state index in [2.05, 4.69) is 23.7 Å². The SMILES string of the molecule is CCOc1cccc(C2C(C(=O)c3sc(-c4ccccc4)nc3C)=C(O)C(=O)N2CCCN(CC)CC)c1. The third-order valence-electron chi connectivity index (χ3n) is 6.82. The van der Waals surface area contributed by atoms with Crippen molar-refractivity contribution >= 4 is 23.0 Å². The minimum absolute atomic E-state index is 0.0952. The second-order valence-corrected chi connectivity index (χ2v) is 10.2. The van der Waals surface area contributed by atoms with Crippen LogP contribution in [0.3, 0.4) is 0 Å². The third kappa shape index (κ3) is 5.66. The van der Waals surface area contributed by atoms with Gasteiger partial charge in [0.25, 0.3) is 5.91 Å². The first-order chi connectivity index (χ1) is 18.4. The van der Waals surface area contributed by atoms with Gasteiger partial charge in [-0.1, -0.05) is 56.3 Å². The summed E-state index contributed by atoms with van der Waals surface area (Å²) >= 11 is 1.28. The van der Waals surface area contributed by atoms with E-state index in [1.807, 2.05) is 61.5 Å². The second-order valence-electron chi connectivity index (χ2n) is 9.18. The van der Waals surface area contributed by atoms with Gasteiger partial charge in [0.2, 0.25) is 5.78 Å². The molecule has 1 unspecified atom stereocenters. The highest BCUT2D eigenvalue weighted by Crippen LogP contribution is 2.41. The number of hydrogen-bond donors (Lipinski definition) is 1. The van der Waals surface area contributed by atoms with Crippen molar-refractivity contribution in [3.05, 3.63) is 82.1 Å². The molecule has 0 saturated heterocycles. The molecule has 0 saturated carbocycles. The second kappa shape index (κ2) is 12.4. The summed E-state index contributed by atoms with van der Waals surface area (Å²) in [5, 5.41) is 11.8. The number of aliphatic hydroxyl groups excluding tert-OH is 1. The standard InChI is InChI=1S/C30H35N3O4S/c1-5-32(6-2)17-12-18-33-25(22-15-11-16-23(19-22)37-7-3)24(27(35)30(33)36)26(34)28-20(4)31-29(38-28)21-13-9-8-10-14-21/h8-11,13-16,19,25,35H,5-7,12,17-18H2,1-4H3. The number of amides is 1. The van der Waals surface area contributed by atoms with Crippen LogP contribution in [-0.2, 0) is 4.79 Å². The maximum absolute atomic E-state index is 14.0. The number of hydrogen-bond acceptors (Lipinski definition) is 7. The molecule has 0 radical (unpaired) electrons. The van der Waals surface area contributed by atoms with Gasteiger partial charge in [0.05, 0.1) is 28.8 Å². The Balaban J connectivity index is 1.72. The van der Waals surface area contributed by atoms with Crippen molar-refractivity contribution in [2.24, 2.45) is 0 Å². The number of carbonyl (C=O) groups is 2. The van der Waals surface area contributed by atoms with E-state index in [1.165, 1.54) is 11.3 Å². The van der Waals surface area contributed by atoms with Crippen molar-refractivity contribution in [3.63, 3.8) is 0 Å². The number of aliphatic hydroxyl groups is 1. The Morgan fingerprint density at radius 1 is 1.11 bits per heavy atom. The summed E-state index contributed by atoms with van der Waals surface area (Å²) in [7, 11) is 0. The fraction of sp³-hybridized carbons (Fsp3) is 0.367. The van der Waals surface area contributed by atoms with Crippen LogP contribution < -0.4 is 4.74 Å². The number of ether oxygens (including phenoxy) is 1. The molecule has 0 bridgehead atoms. The van der Waals surface area contributed by atoms with Gasteiger partial charge in [0.1, 0.15) is 10.8 Å². The highest BCUT2D eigenvalue weighted by Gasteiger charge is 2.44. The van der Waals surface area contributed by atoms with Gasteiger partial charge in [-0.2, -0.15) is 0 Å². The number of Topliss-reactive ketones (excluding diaryl/α,β-unsaturated/α-hetero) is 1. The smallest absolute Gasteiger partial charge is 0.290 e. The van der Waals surface area contributed by atoms with Gasteiger partial charge in [-0.05, 0) is 57.6 Å². The topological polar surface area (TPSA) is 83.0 Å². The Morgan fingerprint density at radius 3 is 2.53 bits per heavy atom. The average molecular weight is 534 g/mol. The number of ketones is 1. The maximum Gasteiger partial charge on any atom is 0.290 e. The molecule has 0 spiro atoms. The van der Waals surface area contributed by atoms with E-state index < -0.39 is 17.7 Å². The molecule has 38 heavy (non-hydrogen) atoms. The summed E-state index contributed by atoms with van der Waals surface area (Å²) in [6.07, 6.45) is 0.724. The Labute approximate surface area is 228 Å². The molecule has 3 aromatic rings. The molecule has 1 aliphatic rings. The van der Waals surface area contributed by atoms with E-state index >= 15 is 0 Å². The number of aryl methyl sites for hydroxylation is 1. The van der Waals surface area contributed by atoms with Gasteiger partial charge in [-0.25, -0.2) is 4.98 Å². The Morgan fingerprint density at radius 2 is 1.84 bits per heavy atom. The minimum Gasteiger partial charge on any atom is -0.503 e. The van der Waals surface area contributed by atoms with Crippen molar-refractivity contribution in [2.75, 3.05) is 32.8 Å². The van der Waals surface area contributed by atoms with Gasteiger partial charge >= 0.3 is 0 Å². The first-order valence-electron chi connectivity index (χ1n) is 13.2. The van der Waals surface area contributed by atoms with Gasteiger partial charge in [0.15, 0.2) is 5.76 Å². The lowest BCUT2D eigenvalue weighted by molar-refractivity contribution is -0.129. The Bertz CT molecular complexity index is 1310. The molecule has 1 amide bonds. The molecule has 2 aromatic carbocycles. The normalized spacial score (nSPS) is 15.6. The van der Waals surface area contributed by atoms with Crippen molar-refractivity contribution in [1.82, 2.24) is 14.8 Å². The lowest BCUT2D eigenvalue weighted by Crippen LogP contribution is -2.34. The Hall–Kier alpha value is -3.49. The van der Waals surface area contributed by atoms with Crippen LogP contribution >= 0.6 is 11.3 Å². The van der Waals surface area contributed by atoms with E-state index in [4.69, 9.17) is 4.74 Å². The van der Waals surface area contributed by atoms with E-state index in [0.717, 1.165) is 42.2 Å². The van der Waals surface area contributed by atoms with Crippen LogP contribution in [0.15, 0.2) is 65.9 Å². The molecule has 8 heteroatoms. The molecule has 0 fully saturated rings. The number of benzene rings is 2. The molecule has 1 atom stereocenters. The lowest BCUT2D eigenvalue weighted by Gasteiger charge is -2.28. The van der Waals surface area contributed by atoms with Gasteiger partial charge in [0, 0.05) is 12.1 Å². The molecule has 2 heterocycles. The van der Waals surface area contributed by atoms with Crippen LogP contribution in [0.2, 0.25) is 0 Å². The summed E-state index contributed by atoms with van der Waals surface area (Å²) in [6.45, 7) is 11.5. The average Bonchev–Trinajstić information content (AvgIpc) is 3.44. The molecule has 7 nitrogen and oxygen atoms in total. The zero-order valence-electron chi connectivity index (χ0n) is 22.4. The van der Waals surface area contributed by atoms with E-state index in [0.29, 0.717) is 29.5 Å². The molecular weight excluding hydrogens is 498 g/mol. The molecule has 0 aliphatic carbocycles. The number of aromatic nitrogens is 1. The van der Waals surface area contributed by atoms with Gasteiger partial charge < -0.3 is 19.6 Å². The van der Waals surface area contributed by atoms with Crippen LogP contribution in [0.5, 0.6) is 5.75 Å². The monoisotopic (exact) mass is 533 g/mol. The first-order valence-corrected chi connectivity index (χ1v) is 14.0. The predicted molar refractivity (Wildman–Crippen MR) is 151 cm³/mol. The number of nitrogens with zero attached hydrogens (tertiary/aromatic N) is 3. The van der Waals surface area contributed by atoms with Crippen LogP contribution in [0, 0.1) is 6.92 Å². The van der Waals surface area contributed by atoms with Crippen LogP contribution in [0.4, 0.5) is 0 Å². The minimum atomic E-state index is -0.714. The number of carbonyl (C=O) groups excluding carboxylic acids is 2. The van der Waals surface area contributed by atoms with Gasteiger partial charge in [-0.15, -0.1) is 11.3 Å². The molecule has 1 N–H and O–H groups in total. The fourth-order valence-electron chi connectivity index (χ4n) is 4.84. The van der Waals surface area contributed by atoms with E-state index in [1.54, 1.807) is 11.8 Å². The zero-order valence-corrected chi connectivity index (χ0v) is 23.3. The molecular formula is C30H35N3O4S. The van der Waals surface area contributed by atoms with Crippen molar-refractivity contribution in [3.8, 4) is 16.3 Å². The van der Waals surface area contributed by atoms with Crippen LogP contribution in [0.25, 0.3) is 10.6 Å². The van der Waals surface area contributed by atoms with Crippen LogP contribution in [0.1, 0.15) is 54.2 Å². The number of rotatable bonds is 12. The molecule has 200 valence electrons. The van der Waals surface area contributed by atoms with Crippen molar-refractivity contribution in [1.29, 1.82) is 0 Å². The quantitative estimate of drug-likeness (QED) is 0.295. The maximum atomic E-state index is 14.0. The molecule has 1 aromatic heterocycles. The summed E-state index contributed by atoms with van der Waals surface area (Å²) in [6, 6.07) is 16.4. The highest BCUT2D eigenvalue weighted by atomic mass is 32.1. The zero-order chi connectivity index (χ0) is 27.2. The van der Waals surface area contributed by atoms with E-state index in [9.17, 15) is 14.7 Å². The lowest BCUT2D eigenvalue weighted by atomic mass is 9.95. The van der Waals surface area contributed by atoms with Crippen molar-refractivity contribution in [2.45, 2.75) is 40.2 Å². The molecule has 4 rings (SSSR count). The van der Waals surface area contributed by atoms with E-state index in [-0.39, 0.29) is 11.4 Å². The molecule has 1 aliphatic heterocycles. The third-order valence-corrected chi connectivity index (χ3v) is 8.03. The summed E-state index contributed by atoms with van der Waals surface area (Å²) < 4.78 is 5.71. The summed E-state index contributed by atoms with van der Waals surface area (Å²) in [5.41, 5.74) is 2.32. The summed E-state index contributed by atoms with van der Waals surface area (Å²) in [5.74, 6) is -0.728.